The van der Waals surface area contributed by atoms with E-state index < -0.39 is 0 Å². The third-order valence-corrected chi connectivity index (χ3v) is 3.61. The van der Waals surface area contributed by atoms with Gasteiger partial charge in [0.2, 0.25) is 0 Å². The molecular weight excluding hydrogens is 230 g/mol. The van der Waals surface area contributed by atoms with Gasteiger partial charge >= 0.3 is 0 Å². The molecule has 1 aliphatic rings. The van der Waals surface area contributed by atoms with Crippen molar-refractivity contribution in [2.75, 3.05) is 0 Å². The summed E-state index contributed by atoms with van der Waals surface area (Å²) in [5.41, 5.74) is 2.28. The van der Waals surface area contributed by atoms with Crippen molar-refractivity contribution < 1.29 is 9.59 Å². The van der Waals surface area contributed by atoms with Crippen molar-refractivity contribution in [2.24, 2.45) is 7.05 Å². The zero-order valence-electron chi connectivity index (χ0n) is 11.1. The lowest BCUT2D eigenvalue weighted by molar-refractivity contribution is -0.120. The fourth-order valence-corrected chi connectivity index (χ4v) is 2.44. The van der Waals surface area contributed by atoms with E-state index in [1.54, 1.807) is 4.68 Å². The van der Waals surface area contributed by atoms with Gasteiger partial charge in [-0.1, -0.05) is 0 Å². The Morgan fingerprint density at radius 3 is 2.44 bits per heavy atom. The van der Waals surface area contributed by atoms with Crippen LogP contribution >= 0.6 is 0 Å². The second-order valence-corrected chi connectivity index (χ2v) is 4.96. The predicted octanol–water partition coefficient (Wildman–Crippen LogP) is 1.28. The van der Waals surface area contributed by atoms with E-state index in [0.717, 1.165) is 24.2 Å². The maximum Gasteiger partial charge on any atom is 0.255 e. The molecule has 0 aliphatic heterocycles. The topological polar surface area (TPSA) is 64.0 Å². The number of Topliss-reactive ketones (excluding diaryl/α,β-unsaturated/α-hetero) is 1. The summed E-state index contributed by atoms with van der Waals surface area (Å²) in [6.45, 7) is 3.73. The highest BCUT2D eigenvalue weighted by Crippen LogP contribution is 2.17. The molecule has 0 bridgehead atoms. The summed E-state index contributed by atoms with van der Waals surface area (Å²) in [5, 5.41) is 7.24. The van der Waals surface area contributed by atoms with Crippen molar-refractivity contribution in [3.8, 4) is 0 Å². The number of carbonyl (C=O) groups excluding carboxylic acids is 2. The molecule has 2 rings (SSSR count). The Hall–Kier alpha value is -1.65. The summed E-state index contributed by atoms with van der Waals surface area (Å²) >= 11 is 0. The summed E-state index contributed by atoms with van der Waals surface area (Å²) in [4.78, 5) is 23.3. The summed E-state index contributed by atoms with van der Waals surface area (Å²) in [7, 11) is 1.83. The molecular formula is C13H19N3O2. The van der Waals surface area contributed by atoms with Crippen LogP contribution in [0, 0.1) is 13.8 Å². The van der Waals surface area contributed by atoms with Gasteiger partial charge in [-0.05, 0) is 26.7 Å². The average Bonchev–Trinajstić information content (AvgIpc) is 2.56. The minimum absolute atomic E-state index is 0.0718. The molecule has 5 heteroatoms. The van der Waals surface area contributed by atoms with E-state index in [1.807, 2.05) is 20.9 Å². The van der Waals surface area contributed by atoms with Gasteiger partial charge in [0.1, 0.15) is 5.78 Å². The predicted molar refractivity (Wildman–Crippen MR) is 67.4 cm³/mol. The monoisotopic (exact) mass is 249 g/mol. The highest BCUT2D eigenvalue weighted by atomic mass is 16.2. The molecule has 18 heavy (non-hydrogen) atoms. The fraction of sp³-hybridized carbons (Fsp3) is 0.615. The van der Waals surface area contributed by atoms with Crippen molar-refractivity contribution in [1.82, 2.24) is 15.1 Å². The molecule has 1 heterocycles. The average molecular weight is 249 g/mol. The Morgan fingerprint density at radius 2 is 1.94 bits per heavy atom. The van der Waals surface area contributed by atoms with Crippen LogP contribution in [0.4, 0.5) is 0 Å². The molecule has 0 radical (unpaired) electrons. The minimum atomic E-state index is -0.0718. The molecule has 5 nitrogen and oxygen atoms in total. The van der Waals surface area contributed by atoms with Gasteiger partial charge in [-0.25, -0.2) is 0 Å². The second-order valence-electron chi connectivity index (χ2n) is 4.96. The van der Waals surface area contributed by atoms with Crippen LogP contribution < -0.4 is 5.32 Å². The zero-order chi connectivity index (χ0) is 13.3. The quantitative estimate of drug-likeness (QED) is 0.858. The van der Waals surface area contributed by atoms with Gasteiger partial charge in [0, 0.05) is 31.6 Å². The van der Waals surface area contributed by atoms with Crippen LogP contribution in [-0.4, -0.2) is 27.5 Å². The van der Waals surface area contributed by atoms with Crippen LogP contribution in [0.3, 0.4) is 0 Å². The molecule has 0 saturated heterocycles. The summed E-state index contributed by atoms with van der Waals surface area (Å²) in [5.74, 6) is 0.228. The normalized spacial score (nSPS) is 16.9. The van der Waals surface area contributed by atoms with Crippen molar-refractivity contribution >= 4 is 11.7 Å². The van der Waals surface area contributed by atoms with E-state index in [9.17, 15) is 9.59 Å². The number of nitrogens with zero attached hydrogens (tertiary/aromatic N) is 2. The number of carbonyl (C=O) groups is 2. The smallest absolute Gasteiger partial charge is 0.255 e. The first-order chi connectivity index (χ1) is 8.49. The molecule has 0 spiro atoms. The van der Waals surface area contributed by atoms with Crippen molar-refractivity contribution in [3.05, 3.63) is 17.0 Å². The largest absolute Gasteiger partial charge is 0.349 e. The molecule has 0 aromatic carbocycles. The third-order valence-electron chi connectivity index (χ3n) is 3.61. The third kappa shape index (κ3) is 2.44. The standard InChI is InChI=1S/C13H19N3O2/c1-8-12(9(2)16(3)15-8)13(18)14-10-4-6-11(17)7-5-10/h10H,4-7H2,1-3H3,(H,14,18). The number of hydrogen-bond acceptors (Lipinski definition) is 3. The molecule has 0 unspecified atom stereocenters. The Morgan fingerprint density at radius 1 is 1.33 bits per heavy atom. The number of hydrogen-bond donors (Lipinski definition) is 1. The molecule has 1 N–H and O–H groups in total. The SMILES string of the molecule is Cc1nn(C)c(C)c1C(=O)NC1CCC(=O)CC1. The number of rotatable bonds is 2. The van der Waals surface area contributed by atoms with Gasteiger partial charge in [0.05, 0.1) is 11.3 Å². The van der Waals surface area contributed by atoms with Crippen LogP contribution in [0.1, 0.15) is 47.4 Å². The van der Waals surface area contributed by atoms with E-state index in [2.05, 4.69) is 10.4 Å². The first kappa shape index (κ1) is 12.8. The minimum Gasteiger partial charge on any atom is -0.349 e. The van der Waals surface area contributed by atoms with Crippen LogP contribution in [0.25, 0.3) is 0 Å². The van der Waals surface area contributed by atoms with E-state index in [1.165, 1.54) is 0 Å². The summed E-state index contributed by atoms with van der Waals surface area (Å²) in [6, 6.07) is 0.120. The van der Waals surface area contributed by atoms with Crippen molar-refractivity contribution in [3.63, 3.8) is 0 Å². The van der Waals surface area contributed by atoms with E-state index >= 15 is 0 Å². The Balaban J connectivity index is 2.06. The Kier molecular flexibility index (Phi) is 3.50. The van der Waals surface area contributed by atoms with Crippen LogP contribution in [0.5, 0.6) is 0 Å². The van der Waals surface area contributed by atoms with E-state index in [-0.39, 0.29) is 11.9 Å². The molecule has 1 aromatic rings. The van der Waals surface area contributed by atoms with Crippen LogP contribution in [0.15, 0.2) is 0 Å². The van der Waals surface area contributed by atoms with Gasteiger partial charge in [0.15, 0.2) is 0 Å². The number of nitrogens with one attached hydrogen (secondary N) is 1. The molecule has 98 valence electrons. The lowest BCUT2D eigenvalue weighted by Gasteiger charge is -2.22. The lowest BCUT2D eigenvalue weighted by Crippen LogP contribution is -2.38. The molecule has 1 aliphatic carbocycles. The number of aryl methyl sites for hydroxylation is 2. The van der Waals surface area contributed by atoms with E-state index in [0.29, 0.717) is 24.2 Å². The van der Waals surface area contributed by atoms with E-state index in [4.69, 9.17) is 0 Å². The van der Waals surface area contributed by atoms with Gasteiger partial charge in [0.25, 0.3) is 5.91 Å². The molecule has 1 saturated carbocycles. The fourth-order valence-electron chi connectivity index (χ4n) is 2.44. The molecule has 0 atom stereocenters. The number of aromatic nitrogens is 2. The second kappa shape index (κ2) is 4.92. The Bertz CT molecular complexity index is 481. The molecule has 1 fully saturated rings. The maximum atomic E-state index is 12.2. The highest BCUT2D eigenvalue weighted by molar-refractivity contribution is 5.96. The Labute approximate surface area is 107 Å². The lowest BCUT2D eigenvalue weighted by atomic mass is 9.94. The van der Waals surface area contributed by atoms with Crippen molar-refractivity contribution in [2.45, 2.75) is 45.6 Å². The first-order valence-corrected chi connectivity index (χ1v) is 6.31. The number of ketones is 1. The van der Waals surface area contributed by atoms with Gasteiger partial charge < -0.3 is 5.32 Å². The maximum absolute atomic E-state index is 12.2. The van der Waals surface area contributed by atoms with Crippen LogP contribution in [0.2, 0.25) is 0 Å². The molecule has 1 amide bonds. The summed E-state index contributed by atoms with van der Waals surface area (Å²) in [6.07, 6.45) is 2.66. The number of amides is 1. The van der Waals surface area contributed by atoms with Crippen LogP contribution in [-0.2, 0) is 11.8 Å². The highest BCUT2D eigenvalue weighted by Gasteiger charge is 2.23. The van der Waals surface area contributed by atoms with Crippen molar-refractivity contribution in [1.29, 1.82) is 0 Å². The van der Waals surface area contributed by atoms with Gasteiger partial charge in [-0.15, -0.1) is 0 Å². The zero-order valence-corrected chi connectivity index (χ0v) is 11.1. The molecule has 1 aromatic heterocycles. The first-order valence-electron chi connectivity index (χ1n) is 6.31. The van der Waals surface area contributed by atoms with Gasteiger partial charge in [-0.3, -0.25) is 14.3 Å². The van der Waals surface area contributed by atoms with Gasteiger partial charge in [-0.2, -0.15) is 5.10 Å². The summed E-state index contributed by atoms with van der Waals surface area (Å²) < 4.78 is 1.72.